The van der Waals surface area contributed by atoms with Gasteiger partial charge in [-0.2, -0.15) is 0 Å². The summed E-state index contributed by atoms with van der Waals surface area (Å²) in [5.74, 6) is 0.449. The predicted molar refractivity (Wildman–Crippen MR) is 76.5 cm³/mol. The lowest BCUT2D eigenvalue weighted by molar-refractivity contribution is 0.0781. The van der Waals surface area contributed by atoms with Crippen molar-refractivity contribution in [1.82, 2.24) is 14.8 Å². The van der Waals surface area contributed by atoms with Crippen molar-refractivity contribution in [3.05, 3.63) is 28.5 Å². The number of carbonyl (C=O) groups excluding carboxylic acids is 1. The van der Waals surface area contributed by atoms with Gasteiger partial charge in [0.05, 0.1) is 10.6 Å². The number of halogens is 1. The molecular formula is C14H20ClN3O. The number of pyridine rings is 1. The molecule has 2 unspecified atom stereocenters. The number of nitrogens with zero attached hydrogens (tertiary/aromatic N) is 3. The number of hydrogen-bond donors (Lipinski definition) is 0. The molecule has 1 aliphatic rings. The van der Waals surface area contributed by atoms with Crippen LogP contribution in [0.4, 0.5) is 0 Å². The van der Waals surface area contributed by atoms with E-state index >= 15 is 0 Å². The third-order valence-corrected chi connectivity index (χ3v) is 4.06. The largest absolute Gasteiger partial charge is 0.337 e. The fourth-order valence-electron chi connectivity index (χ4n) is 2.64. The van der Waals surface area contributed by atoms with Gasteiger partial charge in [-0.3, -0.25) is 9.78 Å². The maximum absolute atomic E-state index is 12.5. The van der Waals surface area contributed by atoms with Crippen molar-refractivity contribution in [3.8, 4) is 0 Å². The van der Waals surface area contributed by atoms with Gasteiger partial charge < -0.3 is 9.80 Å². The van der Waals surface area contributed by atoms with E-state index in [-0.39, 0.29) is 5.91 Å². The first-order chi connectivity index (χ1) is 8.90. The van der Waals surface area contributed by atoms with Crippen molar-refractivity contribution in [2.75, 3.05) is 27.2 Å². The molecule has 0 aliphatic carbocycles. The lowest BCUT2D eigenvalue weighted by Gasteiger charge is -2.22. The van der Waals surface area contributed by atoms with E-state index in [0.29, 0.717) is 22.5 Å². The first-order valence-corrected chi connectivity index (χ1v) is 6.85. The number of aryl methyl sites for hydroxylation is 1. The SMILES string of the molecule is Cc1cc(Cl)c(C(=O)N2CC(C)C(N(C)C)C2)cn1. The molecule has 1 amide bonds. The van der Waals surface area contributed by atoms with Gasteiger partial charge in [-0.15, -0.1) is 0 Å². The summed E-state index contributed by atoms with van der Waals surface area (Å²) in [4.78, 5) is 20.7. The highest BCUT2D eigenvalue weighted by molar-refractivity contribution is 6.33. The van der Waals surface area contributed by atoms with Gasteiger partial charge in [0, 0.05) is 31.0 Å². The van der Waals surface area contributed by atoms with Gasteiger partial charge >= 0.3 is 0 Å². The topological polar surface area (TPSA) is 36.4 Å². The number of amides is 1. The predicted octanol–water partition coefficient (Wildman–Crippen LogP) is 2.07. The average Bonchev–Trinajstić information content (AvgIpc) is 2.70. The van der Waals surface area contributed by atoms with E-state index in [1.165, 1.54) is 0 Å². The van der Waals surface area contributed by atoms with Crippen LogP contribution < -0.4 is 0 Å². The summed E-state index contributed by atoms with van der Waals surface area (Å²) in [7, 11) is 4.10. The Morgan fingerprint density at radius 3 is 2.68 bits per heavy atom. The van der Waals surface area contributed by atoms with Crippen molar-refractivity contribution in [3.63, 3.8) is 0 Å². The van der Waals surface area contributed by atoms with E-state index in [2.05, 4.69) is 30.9 Å². The Morgan fingerprint density at radius 1 is 1.47 bits per heavy atom. The zero-order valence-corrected chi connectivity index (χ0v) is 12.6. The van der Waals surface area contributed by atoms with E-state index < -0.39 is 0 Å². The average molecular weight is 282 g/mol. The van der Waals surface area contributed by atoms with Crippen molar-refractivity contribution in [2.24, 2.45) is 5.92 Å². The summed E-state index contributed by atoms with van der Waals surface area (Å²) in [6.45, 7) is 5.55. The van der Waals surface area contributed by atoms with Crippen LogP contribution in [-0.2, 0) is 0 Å². The van der Waals surface area contributed by atoms with Crippen LogP contribution in [0.2, 0.25) is 5.02 Å². The molecule has 19 heavy (non-hydrogen) atoms. The van der Waals surface area contributed by atoms with Crippen molar-refractivity contribution < 1.29 is 4.79 Å². The normalized spacial score (nSPS) is 23.2. The molecule has 1 aromatic heterocycles. The lowest BCUT2D eigenvalue weighted by Crippen LogP contribution is -2.35. The summed E-state index contributed by atoms with van der Waals surface area (Å²) in [5.41, 5.74) is 1.32. The summed E-state index contributed by atoms with van der Waals surface area (Å²) < 4.78 is 0. The van der Waals surface area contributed by atoms with Crippen molar-refractivity contribution >= 4 is 17.5 Å². The van der Waals surface area contributed by atoms with Gasteiger partial charge in [0.1, 0.15) is 0 Å². The highest BCUT2D eigenvalue weighted by atomic mass is 35.5. The molecular weight excluding hydrogens is 262 g/mol. The summed E-state index contributed by atoms with van der Waals surface area (Å²) >= 11 is 6.14. The molecule has 0 saturated carbocycles. The Kier molecular flexibility index (Phi) is 4.11. The lowest BCUT2D eigenvalue weighted by atomic mass is 10.1. The molecule has 1 aliphatic heterocycles. The number of aromatic nitrogens is 1. The van der Waals surface area contributed by atoms with Crippen molar-refractivity contribution in [1.29, 1.82) is 0 Å². The molecule has 0 N–H and O–H groups in total. The number of likely N-dealkylation sites (N-methyl/N-ethyl adjacent to an activating group) is 1. The van der Waals surface area contributed by atoms with E-state index in [9.17, 15) is 4.79 Å². The molecule has 2 rings (SSSR count). The minimum atomic E-state index is -0.0197. The molecule has 4 nitrogen and oxygen atoms in total. The molecule has 104 valence electrons. The van der Waals surface area contributed by atoms with E-state index in [0.717, 1.165) is 18.8 Å². The first kappa shape index (κ1) is 14.3. The molecule has 5 heteroatoms. The minimum Gasteiger partial charge on any atom is -0.337 e. The van der Waals surface area contributed by atoms with E-state index in [1.54, 1.807) is 12.3 Å². The summed E-state index contributed by atoms with van der Waals surface area (Å²) in [5, 5.41) is 0.485. The maximum Gasteiger partial charge on any atom is 0.257 e. The number of carbonyl (C=O) groups is 1. The maximum atomic E-state index is 12.5. The van der Waals surface area contributed by atoms with E-state index in [1.807, 2.05) is 11.8 Å². The Morgan fingerprint density at radius 2 is 2.16 bits per heavy atom. The van der Waals surface area contributed by atoms with Crippen LogP contribution in [0.25, 0.3) is 0 Å². The summed E-state index contributed by atoms with van der Waals surface area (Å²) in [6, 6.07) is 2.14. The van der Waals surface area contributed by atoms with Crippen LogP contribution in [0.5, 0.6) is 0 Å². The Balaban J connectivity index is 2.17. The third kappa shape index (κ3) is 2.90. The monoisotopic (exact) mass is 281 g/mol. The van der Waals surface area contributed by atoms with Gasteiger partial charge in [-0.1, -0.05) is 18.5 Å². The van der Waals surface area contributed by atoms with Gasteiger partial charge in [0.25, 0.3) is 5.91 Å². The number of likely N-dealkylation sites (tertiary alicyclic amines) is 1. The second kappa shape index (κ2) is 5.47. The minimum absolute atomic E-state index is 0.0197. The Bertz CT molecular complexity index is 490. The van der Waals surface area contributed by atoms with E-state index in [4.69, 9.17) is 11.6 Å². The van der Waals surface area contributed by atoms with Crippen LogP contribution in [0.3, 0.4) is 0 Å². The number of rotatable bonds is 2. The van der Waals surface area contributed by atoms with Crippen LogP contribution in [0, 0.1) is 12.8 Å². The molecule has 0 radical (unpaired) electrons. The fourth-order valence-corrected chi connectivity index (χ4v) is 2.93. The van der Waals surface area contributed by atoms with Crippen molar-refractivity contribution in [2.45, 2.75) is 19.9 Å². The smallest absolute Gasteiger partial charge is 0.257 e. The summed E-state index contributed by atoms with van der Waals surface area (Å²) in [6.07, 6.45) is 1.58. The Hall–Kier alpha value is -1.13. The molecule has 1 fully saturated rings. The van der Waals surface area contributed by atoms with Gasteiger partial charge in [-0.05, 0) is 33.0 Å². The van der Waals surface area contributed by atoms with Crippen LogP contribution in [-0.4, -0.2) is 53.9 Å². The second-order valence-corrected chi connectivity index (χ2v) is 5.93. The van der Waals surface area contributed by atoms with Crippen LogP contribution >= 0.6 is 11.6 Å². The molecule has 0 aromatic carbocycles. The number of hydrogen-bond acceptors (Lipinski definition) is 3. The molecule has 0 bridgehead atoms. The van der Waals surface area contributed by atoms with Gasteiger partial charge in [0.2, 0.25) is 0 Å². The fraction of sp³-hybridized carbons (Fsp3) is 0.571. The molecule has 2 atom stereocenters. The van der Waals surface area contributed by atoms with Crippen LogP contribution in [0.1, 0.15) is 23.0 Å². The molecule has 2 heterocycles. The first-order valence-electron chi connectivity index (χ1n) is 6.48. The highest BCUT2D eigenvalue weighted by Gasteiger charge is 2.34. The zero-order valence-electron chi connectivity index (χ0n) is 11.9. The Labute approximate surface area is 119 Å². The zero-order chi connectivity index (χ0) is 14.2. The standard InChI is InChI=1S/C14H20ClN3O/c1-9-7-18(8-13(9)17(3)4)14(19)11-6-16-10(2)5-12(11)15/h5-6,9,13H,7-8H2,1-4H3. The van der Waals surface area contributed by atoms with Gasteiger partial charge in [0.15, 0.2) is 0 Å². The second-order valence-electron chi connectivity index (χ2n) is 5.52. The highest BCUT2D eigenvalue weighted by Crippen LogP contribution is 2.24. The van der Waals surface area contributed by atoms with Gasteiger partial charge in [-0.25, -0.2) is 0 Å². The molecule has 1 saturated heterocycles. The molecule has 0 spiro atoms. The quantitative estimate of drug-likeness (QED) is 0.833. The third-order valence-electron chi connectivity index (χ3n) is 3.74. The van der Waals surface area contributed by atoms with Crippen LogP contribution in [0.15, 0.2) is 12.3 Å². The molecule has 1 aromatic rings.